The molecule has 2 unspecified atom stereocenters. The van der Waals surface area contributed by atoms with Gasteiger partial charge in [-0.2, -0.15) is 5.10 Å². The monoisotopic (exact) mass is 326 g/mol. The van der Waals surface area contributed by atoms with Crippen molar-refractivity contribution >= 4 is 35.3 Å². The predicted octanol–water partition coefficient (Wildman–Crippen LogP) is 4.66. The molecule has 1 aliphatic carbocycles. The van der Waals surface area contributed by atoms with Crippen LogP contribution in [0.1, 0.15) is 44.6 Å². The maximum absolute atomic E-state index is 11.9. The summed E-state index contributed by atoms with van der Waals surface area (Å²) in [5.41, 5.74) is 3.33. The zero-order valence-electron chi connectivity index (χ0n) is 12.1. The van der Waals surface area contributed by atoms with E-state index in [-0.39, 0.29) is 11.8 Å². The first-order valence-electron chi connectivity index (χ1n) is 7.39. The van der Waals surface area contributed by atoms with E-state index in [2.05, 4.69) is 17.5 Å². The molecule has 2 rings (SSSR count). The molecule has 1 aromatic carbocycles. The molecule has 0 heterocycles. The molecule has 1 aliphatic rings. The van der Waals surface area contributed by atoms with Crippen molar-refractivity contribution in [1.82, 2.24) is 5.43 Å². The van der Waals surface area contributed by atoms with Gasteiger partial charge in [0.05, 0.1) is 11.2 Å². The minimum Gasteiger partial charge on any atom is -0.273 e. The Labute approximate surface area is 135 Å². The minimum absolute atomic E-state index is 0.0119. The minimum atomic E-state index is 0.0119. The summed E-state index contributed by atoms with van der Waals surface area (Å²) in [5, 5.41) is 5.07. The average molecular weight is 327 g/mol. The number of hydrazone groups is 1. The van der Waals surface area contributed by atoms with E-state index < -0.39 is 0 Å². The molecule has 0 aromatic heterocycles. The van der Waals surface area contributed by atoms with E-state index in [0.29, 0.717) is 16.0 Å². The lowest BCUT2D eigenvalue weighted by Gasteiger charge is -2.01. The number of hydrogen-bond donors (Lipinski definition) is 1. The summed E-state index contributed by atoms with van der Waals surface area (Å²) in [6, 6.07) is 5.16. The van der Waals surface area contributed by atoms with E-state index in [4.69, 9.17) is 23.2 Å². The van der Waals surface area contributed by atoms with Crippen molar-refractivity contribution in [3.05, 3.63) is 33.8 Å². The lowest BCUT2D eigenvalue weighted by molar-refractivity contribution is -0.122. The van der Waals surface area contributed by atoms with Gasteiger partial charge in [-0.05, 0) is 30.9 Å². The third-order valence-corrected chi connectivity index (χ3v) is 4.34. The fourth-order valence-corrected chi connectivity index (χ4v) is 2.86. The number of hydrogen-bond acceptors (Lipinski definition) is 2. The summed E-state index contributed by atoms with van der Waals surface area (Å²) in [4.78, 5) is 11.9. The average Bonchev–Trinajstić information content (AvgIpc) is 3.21. The van der Waals surface area contributed by atoms with Crippen molar-refractivity contribution in [3.8, 4) is 0 Å². The Balaban J connectivity index is 1.76. The van der Waals surface area contributed by atoms with Crippen molar-refractivity contribution in [2.45, 2.75) is 39.0 Å². The van der Waals surface area contributed by atoms with Crippen LogP contribution in [-0.4, -0.2) is 12.1 Å². The number of rotatable bonds is 7. The van der Waals surface area contributed by atoms with Gasteiger partial charge in [0.2, 0.25) is 5.91 Å². The molecule has 1 amide bonds. The highest BCUT2D eigenvalue weighted by Gasteiger charge is 2.41. The van der Waals surface area contributed by atoms with E-state index in [1.54, 1.807) is 24.4 Å². The smallest absolute Gasteiger partial charge is 0.243 e. The van der Waals surface area contributed by atoms with Crippen LogP contribution in [0.4, 0.5) is 0 Å². The highest BCUT2D eigenvalue weighted by molar-refractivity contribution is 6.36. The van der Waals surface area contributed by atoms with E-state index in [0.717, 1.165) is 18.4 Å². The van der Waals surface area contributed by atoms with Crippen LogP contribution in [0.3, 0.4) is 0 Å². The van der Waals surface area contributed by atoms with Crippen molar-refractivity contribution in [2.75, 3.05) is 0 Å². The molecule has 0 bridgehead atoms. The number of nitrogens with zero attached hydrogens (tertiary/aromatic N) is 1. The Kier molecular flexibility index (Phi) is 6.07. The Morgan fingerprint density at radius 2 is 2.24 bits per heavy atom. The van der Waals surface area contributed by atoms with Gasteiger partial charge in [-0.25, -0.2) is 5.43 Å². The maximum atomic E-state index is 11.9. The zero-order valence-corrected chi connectivity index (χ0v) is 13.6. The first-order valence-corrected chi connectivity index (χ1v) is 8.15. The summed E-state index contributed by atoms with van der Waals surface area (Å²) in [6.45, 7) is 2.19. The third-order valence-electron chi connectivity index (χ3n) is 3.78. The summed E-state index contributed by atoms with van der Waals surface area (Å²) < 4.78 is 0. The van der Waals surface area contributed by atoms with Crippen LogP contribution < -0.4 is 5.43 Å². The van der Waals surface area contributed by atoms with Crippen molar-refractivity contribution in [2.24, 2.45) is 16.9 Å². The van der Waals surface area contributed by atoms with E-state index in [1.807, 2.05) is 0 Å². The fourth-order valence-electron chi connectivity index (χ4n) is 2.40. The van der Waals surface area contributed by atoms with Crippen LogP contribution in [-0.2, 0) is 4.79 Å². The zero-order chi connectivity index (χ0) is 15.2. The second-order valence-electron chi connectivity index (χ2n) is 5.50. The number of unbranched alkanes of at least 4 members (excludes halogenated alkanes) is 2. The standard InChI is InChI=1S/C16H20Cl2N2O/c1-2-3-4-5-11-8-14(11)16(21)20-19-10-12-6-7-13(17)9-15(12)18/h6-7,9-11,14H,2-5,8H2,1H3,(H,20,21)/b19-10+. The highest BCUT2D eigenvalue weighted by atomic mass is 35.5. The molecule has 114 valence electrons. The molecule has 1 saturated carbocycles. The van der Waals surface area contributed by atoms with Gasteiger partial charge in [0, 0.05) is 16.5 Å². The van der Waals surface area contributed by atoms with Gasteiger partial charge in [0.15, 0.2) is 0 Å². The Morgan fingerprint density at radius 3 is 2.95 bits per heavy atom. The van der Waals surface area contributed by atoms with Crippen LogP contribution in [0, 0.1) is 11.8 Å². The third kappa shape index (κ3) is 5.01. The summed E-state index contributed by atoms with van der Waals surface area (Å²) >= 11 is 11.8. The number of benzene rings is 1. The topological polar surface area (TPSA) is 41.5 Å². The number of amides is 1. The van der Waals surface area contributed by atoms with Gasteiger partial charge in [0.1, 0.15) is 0 Å². The number of carbonyl (C=O) groups excluding carboxylic acids is 1. The summed E-state index contributed by atoms with van der Waals surface area (Å²) in [6.07, 6.45) is 7.37. The normalized spacial score (nSPS) is 20.7. The van der Waals surface area contributed by atoms with Gasteiger partial charge < -0.3 is 0 Å². The van der Waals surface area contributed by atoms with Crippen LogP contribution in [0.2, 0.25) is 10.0 Å². The largest absolute Gasteiger partial charge is 0.273 e. The van der Waals surface area contributed by atoms with Gasteiger partial charge in [0.25, 0.3) is 0 Å². The molecule has 2 atom stereocenters. The van der Waals surface area contributed by atoms with Crippen LogP contribution in [0.25, 0.3) is 0 Å². The van der Waals surface area contributed by atoms with Gasteiger partial charge in [-0.15, -0.1) is 0 Å². The predicted molar refractivity (Wildman–Crippen MR) is 87.9 cm³/mol. The Morgan fingerprint density at radius 1 is 1.43 bits per heavy atom. The van der Waals surface area contributed by atoms with E-state index in [9.17, 15) is 4.79 Å². The molecule has 3 nitrogen and oxygen atoms in total. The van der Waals surface area contributed by atoms with Gasteiger partial charge in [-0.3, -0.25) is 4.79 Å². The van der Waals surface area contributed by atoms with Crippen LogP contribution in [0.15, 0.2) is 23.3 Å². The number of halogens is 2. The molecule has 21 heavy (non-hydrogen) atoms. The molecule has 0 radical (unpaired) electrons. The lowest BCUT2D eigenvalue weighted by Crippen LogP contribution is -2.20. The quantitative estimate of drug-likeness (QED) is 0.442. The Bertz CT molecular complexity index is 531. The molecule has 1 N–H and O–H groups in total. The van der Waals surface area contributed by atoms with Crippen molar-refractivity contribution in [1.29, 1.82) is 0 Å². The lowest BCUT2D eigenvalue weighted by atomic mass is 10.1. The van der Waals surface area contributed by atoms with Crippen LogP contribution >= 0.6 is 23.2 Å². The highest BCUT2D eigenvalue weighted by Crippen LogP contribution is 2.42. The van der Waals surface area contributed by atoms with Crippen molar-refractivity contribution in [3.63, 3.8) is 0 Å². The van der Waals surface area contributed by atoms with E-state index >= 15 is 0 Å². The first-order chi connectivity index (χ1) is 10.1. The van der Waals surface area contributed by atoms with Gasteiger partial charge in [-0.1, -0.05) is 55.5 Å². The second-order valence-corrected chi connectivity index (χ2v) is 6.34. The summed E-state index contributed by atoms with van der Waals surface area (Å²) in [5.74, 6) is 0.698. The Hall–Kier alpha value is -1.06. The molecule has 0 saturated heterocycles. The number of carbonyl (C=O) groups is 1. The SMILES string of the molecule is CCCCCC1CC1C(=O)N/N=C/c1ccc(Cl)cc1Cl. The molecule has 0 aliphatic heterocycles. The fraction of sp³-hybridized carbons (Fsp3) is 0.500. The molecule has 1 fully saturated rings. The molecular formula is C16H20Cl2N2O. The maximum Gasteiger partial charge on any atom is 0.243 e. The molecule has 1 aromatic rings. The first kappa shape index (κ1) is 16.3. The second kappa shape index (κ2) is 7.81. The molecular weight excluding hydrogens is 307 g/mol. The van der Waals surface area contributed by atoms with Gasteiger partial charge >= 0.3 is 0 Å². The summed E-state index contributed by atoms with van der Waals surface area (Å²) in [7, 11) is 0. The van der Waals surface area contributed by atoms with E-state index in [1.165, 1.54) is 19.3 Å². The number of nitrogens with one attached hydrogen (secondary N) is 1. The molecule has 0 spiro atoms. The molecule has 5 heteroatoms. The van der Waals surface area contributed by atoms with Crippen LogP contribution in [0.5, 0.6) is 0 Å². The van der Waals surface area contributed by atoms with Crippen molar-refractivity contribution < 1.29 is 4.79 Å².